The van der Waals surface area contributed by atoms with E-state index in [1.165, 1.54) is 257 Å². The van der Waals surface area contributed by atoms with Gasteiger partial charge in [-0.05, 0) is 70.6 Å². The molecule has 1 unspecified atom stereocenters. The molecule has 0 bridgehead atoms. The molecule has 0 fully saturated rings. The molecule has 73 heavy (non-hydrogen) atoms. The van der Waals surface area contributed by atoms with Crippen LogP contribution in [-0.4, -0.2) is 37.2 Å². The maximum Gasteiger partial charge on any atom is 0.306 e. The fourth-order valence-electron chi connectivity index (χ4n) is 9.97. The van der Waals surface area contributed by atoms with Gasteiger partial charge in [0, 0.05) is 19.3 Å². The van der Waals surface area contributed by atoms with Crippen LogP contribution in [0.2, 0.25) is 0 Å². The van der Waals surface area contributed by atoms with Gasteiger partial charge < -0.3 is 14.2 Å². The van der Waals surface area contributed by atoms with Crippen molar-refractivity contribution < 1.29 is 28.6 Å². The molecule has 0 aliphatic heterocycles. The lowest BCUT2D eigenvalue weighted by atomic mass is 10.0. The summed E-state index contributed by atoms with van der Waals surface area (Å²) in [6.45, 7) is 6.64. The second-order valence-corrected chi connectivity index (χ2v) is 22.4. The van der Waals surface area contributed by atoms with Gasteiger partial charge in [0.2, 0.25) is 0 Å². The summed E-state index contributed by atoms with van der Waals surface area (Å²) in [6.07, 6.45) is 75.0. The van der Waals surface area contributed by atoms with E-state index in [1.807, 2.05) is 0 Å². The Morgan fingerprint density at radius 3 is 0.726 bits per heavy atom. The first kappa shape index (κ1) is 70.9. The molecule has 0 aliphatic carbocycles. The molecule has 0 heterocycles. The lowest BCUT2D eigenvalue weighted by molar-refractivity contribution is -0.167. The minimum atomic E-state index is -0.775. The Morgan fingerprint density at radius 1 is 0.260 bits per heavy atom. The van der Waals surface area contributed by atoms with Crippen LogP contribution in [-0.2, 0) is 28.6 Å². The Balaban J connectivity index is 4.07. The highest BCUT2D eigenvalue weighted by molar-refractivity contribution is 5.71. The molecule has 0 N–H and O–H groups in total. The van der Waals surface area contributed by atoms with Crippen molar-refractivity contribution in [2.24, 2.45) is 0 Å². The highest BCUT2D eigenvalue weighted by Crippen LogP contribution is 2.18. The summed E-state index contributed by atoms with van der Waals surface area (Å²) in [6, 6.07) is 0. The van der Waals surface area contributed by atoms with E-state index in [2.05, 4.69) is 45.1 Å². The molecule has 0 radical (unpaired) electrons. The van der Waals surface area contributed by atoms with E-state index >= 15 is 0 Å². The van der Waals surface area contributed by atoms with Gasteiger partial charge in [-0.25, -0.2) is 0 Å². The highest BCUT2D eigenvalue weighted by Gasteiger charge is 2.19. The summed E-state index contributed by atoms with van der Waals surface area (Å²) >= 11 is 0. The van der Waals surface area contributed by atoms with Crippen molar-refractivity contribution in [3.8, 4) is 0 Å². The van der Waals surface area contributed by atoms with Gasteiger partial charge in [0.1, 0.15) is 13.2 Å². The standard InChI is InChI=1S/C67H126O6/c1-4-7-10-13-16-19-22-25-26-27-28-29-30-31-32-33-34-35-36-37-38-39-40-41-43-45-48-51-54-57-60-66(69)72-63-64(62-71-65(68)59-56-53-50-47-44-24-21-18-15-12-9-6-3)73-67(70)61-58-55-52-49-46-42-23-20-17-14-11-8-5-2/h18,20-21,23,64H,4-17,19,22,24-63H2,1-3H3/b21-18-,23-20-. The number of carbonyl (C=O) groups excluding carboxylic acids is 3. The third kappa shape index (κ3) is 60.6. The van der Waals surface area contributed by atoms with Crippen molar-refractivity contribution in [1.82, 2.24) is 0 Å². The molecule has 0 amide bonds. The van der Waals surface area contributed by atoms with Crippen molar-refractivity contribution in [3.63, 3.8) is 0 Å². The molecule has 0 aromatic heterocycles. The van der Waals surface area contributed by atoms with Crippen molar-refractivity contribution in [1.29, 1.82) is 0 Å². The van der Waals surface area contributed by atoms with Crippen LogP contribution in [0, 0.1) is 0 Å². The fraction of sp³-hybridized carbons (Fsp3) is 0.896. The molecular weight excluding hydrogens is 901 g/mol. The number of esters is 3. The minimum Gasteiger partial charge on any atom is -0.462 e. The number of unbranched alkanes of at least 4 members (excludes halogenated alkanes) is 46. The van der Waals surface area contributed by atoms with Crippen LogP contribution < -0.4 is 0 Å². The Kier molecular flexibility index (Phi) is 60.6. The minimum absolute atomic E-state index is 0.0728. The van der Waals surface area contributed by atoms with E-state index in [0.29, 0.717) is 19.3 Å². The third-order valence-corrected chi connectivity index (χ3v) is 14.9. The summed E-state index contributed by atoms with van der Waals surface area (Å²) in [5.41, 5.74) is 0. The second kappa shape index (κ2) is 62.4. The van der Waals surface area contributed by atoms with Crippen molar-refractivity contribution in [2.75, 3.05) is 13.2 Å². The zero-order valence-electron chi connectivity index (χ0n) is 49.4. The smallest absolute Gasteiger partial charge is 0.306 e. The van der Waals surface area contributed by atoms with Gasteiger partial charge in [-0.1, -0.05) is 302 Å². The van der Waals surface area contributed by atoms with Crippen LogP contribution in [0.25, 0.3) is 0 Å². The summed E-state index contributed by atoms with van der Waals surface area (Å²) in [5, 5.41) is 0. The molecule has 6 heteroatoms. The molecule has 0 aromatic rings. The van der Waals surface area contributed by atoms with E-state index in [1.54, 1.807) is 0 Å². The van der Waals surface area contributed by atoms with E-state index in [9.17, 15) is 14.4 Å². The van der Waals surface area contributed by atoms with Gasteiger partial charge in [0.25, 0.3) is 0 Å². The largest absolute Gasteiger partial charge is 0.462 e. The van der Waals surface area contributed by atoms with E-state index in [0.717, 1.165) is 70.6 Å². The predicted octanol–water partition coefficient (Wildman–Crippen LogP) is 22.2. The van der Waals surface area contributed by atoms with Crippen molar-refractivity contribution in [3.05, 3.63) is 24.3 Å². The first-order chi connectivity index (χ1) is 36.0. The van der Waals surface area contributed by atoms with Crippen LogP contribution in [0.5, 0.6) is 0 Å². The molecule has 0 rings (SSSR count). The van der Waals surface area contributed by atoms with Gasteiger partial charge in [0.05, 0.1) is 0 Å². The lowest BCUT2D eigenvalue weighted by Gasteiger charge is -2.18. The number of hydrogen-bond donors (Lipinski definition) is 0. The summed E-state index contributed by atoms with van der Waals surface area (Å²) < 4.78 is 16.9. The molecule has 6 nitrogen and oxygen atoms in total. The fourth-order valence-corrected chi connectivity index (χ4v) is 9.97. The van der Waals surface area contributed by atoms with Gasteiger partial charge >= 0.3 is 17.9 Å². The Hall–Kier alpha value is -2.11. The average Bonchev–Trinajstić information content (AvgIpc) is 3.39. The second-order valence-electron chi connectivity index (χ2n) is 22.4. The Labute approximate surface area is 455 Å². The number of ether oxygens (including phenoxy) is 3. The maximum atomic E-state index is 12.8. The zero-order valence-corrected chi connectivity index (χ0v) is 49.4. The van der Waals surface area contributed by atoms with Gasteiger partial charge in [0.15, 0.2) is 6.10 Å². The number of carbonyl (C=O) groups is 3. The van der Waals surface area contributed by atoms with E-state index in [-0.39, 0.29) is 31.1 Å². The maximum absolute atomic E-state index is 12.8. The molecule has 0 saturated carbocycles. The summed E-state index contributed by atoms with van der Waals surface area (Å²) in [7, 11) is 0. The van der Waals surface area contributed by atoms with Gasteiger partial charge in [-0.15, -0.1) is 0 Å². The van der Waals surface area contributed by atoms with Crippen LogP contribution in [0.15, 0.2) is 24.3 Å². The predicted molar refractivity (Wildman–Crippen MR) is 316 cm³/mol. The normalized spacial score (nSPS) is 12.1. The SMILES string of the molecule is CCCCC/C=C\CCCCCCCC(=O)OCC(COC(=O)CCCCCCCCCCCCCCCCCCCCCCCCCCCCCCCC)OC(=O)CCCCCCC/C=C\CCCCCC. The molecule has 430 valence electrons. The van der Waals surface area contributed by atoms with Gasteiger partial charge in [-0.3, -0.25) is 14.4 Å². The van der Waals surface area contributed by atoms with Crippen LogP contribution in [0.3, 0.4) is 0 Å². The summed E-state index contributed by atoms with van der Waals surface area (Å²) in [5.74, 6) is -0.870. The monoisotopic (exact) mass is 1030 g/mol. The first-order valence-electron chi connectivity index (χ1n) is 32.8. The van der Waals surface area contributed by atoms with Crippen LogP contribution in [0.1, 0.15) is 367 Å². The molecule has 0 spiro atoms. The molecular formula is C67H126O6. The van der Waals surface area contributed by atoms with Crippen LogP contribution in [0.4, 0.5) is 0 Å². The number of hydrogen-bond acceptors (Lipinski definition) is 6. The summed E-state index contributed by atoms with van der Waals surface area (Å²) in [4.78, 5) is 38.2. The van der Waals surface area contributed by atoms with Gasteiger partial charge in [-0.2, -0.15) is 0 Å². The Morgan fingerprint density at radius 2 is 0.452 bits per heavy atom. The Bertz CT molecular complexity index is 1180. The van der Waals surface area contributed by atoms with Crippen molar-refractivity contribution >= 4 is 17.9 Å². The quantitative estimate of drug-likeness (QED) is 0.0261. The van der Waals surface area contributed by atoms with E-state index < -0.39 is 6.10 Å². The third-order valence-electron chi connectivity index (χ3n) is 14.9. The zero-order chi connectivity index (χ0) is 52.9. The number of allylic oxidation sites excluding steroid dienone is 4. The highest BCUT2D eigenvalue weighted by atomic mass is 16.6. The topological polar surface area (TPSA) is 78.9 Å². The average molecular weight is 1030 g/mol. The molecule has 0 aromatic carbocycles. The number of rotatable bonds is 61. The van der Waals surface area contributed by atoms with Crippen molar-refractivity contribution in [2.45, 2.75) is 374 Å². The van der Waals surface area contributed by atoms with Crippen LogP contribution >= 0.6 is 0 Å². The van der Waals surface area contributed by atoms with E-state index in [4.69, 9.17) is 14.2 Å². The molecule has 1 atom stereocenters. The molecule has 0 aliphatic rings. The first-order valence-corrected chi connectivity index (χ1v) is 32.8. The molecule has 0 saturated heterocycles. The lowest BCUT2D eigenvalue weighted by Crippen LogP contribution is -2.30.